The summed E-state index contributed by atoms with van der Waals surface area (Å²) in [6.45, 7) is 3.85. The summed E-state index contributed by atoms with van der Waals surface area (Å²) in [5, 5.41) is 4.58. The van der Waals surface area contributed by atoms with E-state index in [1.165, 1.54) is 30.0 Å². The van der Waals surface area contributed by atoms with Gasteiger partial charge in [0.15, 0.2) is 0 Å². The lowest BCUT2D eigenvalue weighted by atomic mass is 9.94. The number of hydrogen-bond donors (Lipinski definition) is 2. The van der Waals surface area contributed by atoms with Crippen molar-refractivity contribution in [3.63, 3.8) is 0 Å². The minimum absolute atomic E-state index is 0.100. The normalized spacial score (nSPS) is 16.6. The minimum atomic E-state index is -0.182. The lowest BCUT2D eigenvalue weighted by Crippen LogP contribution is -2.30. The molecule has 26 heavy (non-hydrogen) atoms. The zero-order chi connectivity index (χ0) is 17.9. The molecule has 2 aromatic carbocycles. The molecule has 2 N–H and O–H groups in total. The lowest BCUT2D eigenvalue weighted by Gasteiger charge is -2.25. The SMILES string of the molecule is CCCCCOc1ccc(C2NCCc3c2[nH]c2ccc(F)cc32)cc1. The number of ether oxygens (including phenoxy) is 1. The van der Waals surface area contributed by atoms with Gasteiger partial charge < -0.3 is 15.0 Å². The van der Waals surface area contributed by atoms with E-state index >= 15 is 0 Å². The summed E-state index contributed by atoms with van der Waals surface area (Å²) in [6.07, 6.45) is 4.41. The lowest BCUT2D eigenvalue weighted by molar-refractivity contribution is 0.306. The molecular weight excluding hydrogens is 327 g/mol. The van der Waals surface area contributed by atoms with Gasteiger partial charge in [0, 0.05) is 23.1 Å². The average molecular weight is 352 g/mol. The Balaban J connectivity index is 1.57. The molecule has 0 spiro atoms. The van der Waals surface area contributed by atoms with Crippen LogP contribution in [0, 0.1) is 5.82 Å². The van der Waals surface area contributed by atoms with Crippen LogP contribution >= 0.6 is 0 Å². The molecule has 0 aliphatic carbocycles. The smallest absolute Gasteiger partial charge is 0.123 e. The highest BCUT2D eigenvalue weighted by atomic mass is 19.1. The van der Waals surface area contributed by atoms with Gasteiger partial charge in [0.05, 0.1) is 12.6 Å². The summed E-state index contributed by atoms with van der Waals surface area (Å²) in [5.41, 5.74) is 4.57. The molecule has 1 aromatic heterocycles. The standard InChI is InChI=1S/C22H25FN2O/c1-2-3-4-13-26-17-8-5-15(6-9-17)21-22-18(11-12-24-21)19-14-16(23)7-10-20(19)25-22/h5-10,14,21,24-25H,2-4,11-13H2,1H3. The van der Waals surface area contributed by atoms with E-state index < -0.39 is 0 Å². The molecule has 0 bridgehead atoms. The number of hydrogen-bond acceptors (Lipinski definition) is 2. The number of H-pyrrole nitrogens is 1. The summed E-state index contributed by atoms with van der Waals surface area (Å²) in [4.78, 5) is 3.49. The maximum atomic E-state index is 13.7. The van der Waals surface area contributed by atoms with Crippen molar-refractivity contribution in [1.82, 2.24) is 10.3 Å². The molecule has 3 aromatic rings. The van der Waals surface area contributed by atoms with Gasteiger partial charge in [0.2, 0.25) is 0 Å². The monoisotopic (exact) mass is 352 g/mol. The van der Waals surface area contributed by atoms with E-state index in [1.807, 2.05) is 18.2 Å². The average Bonchev–Trinajstić information content (AvgIpc) is 3.04. The first kappa shape index (κ1) is 17.1. The fourth-order valence-corrected chi connectivity index (χ4v) is 3.78. The number of nitrogens with one attached hydrogen (secondary N) is 2. The van der Waals surface area contributed by atoms with E-state index in [9.17, 15) is 4.39 Å². The van der Waals surface area contributed by atoms with Gasteiger partial charge in [0.1, 0.15) is 11.6 Å². The van der Waals surface area contributed by atoms with Crippen molar-refractivity contribution in [2.24, 2.45) is 0 Å². The summed E-state index contributed by atoms with van der Waals surface area (Å²) in [7, 11) is 0. The fourth-order valence-electron chi connectivity index (χ4n) is 3.78. The van der Waals surface area contributed by atoms with Crippen LogP contribution in [0.2, 0.25) is 0 Å². The highest BCUT2D eigenvalue weighted by Crippen LogP contribution is 2.34. The van der Waals surface area contributed by atoms with Crippen LogP contribution in [0.1, 0.15) is 49.0 Å². The van der Waals surface area contributed by atoms with Gasteiger partial charge in [0.25, 0.3) is 0 Å². The topological polar surface area (TPSA) is 37.0 Å². The number of fused-ring (bicyclic) bond motifs is 3. The molecule has 3 nitrogen and oxygen atoms in total. The Morgan fingerprint density at radius 2 is 1.96 bits per heavy atom. The quantitative estimate of drug-likeness (QED) is 0.605. The molecule has 1 atom stereocenters. The highest BCUT2D eigenvalue weighted by Gasteiger charge is 2.25. The molecule has 136 valence electrons. The molecule has 1 aliphatic heterocycles. The van der Waals surface area contributed by atoms with Crippen molar-refractivity contribution in [2.45, 2.75) is 38.6 Å². The van der Waals surface area contributed by atoms with Crippen LogP contribution in [-0.4, -0.2) is 18.1 Å². The first-order chi connectivity index (χ1) is 12.8. The van der Waals surface area contributed by atoms with Crippen LogP contribution in [0.25, 0.3) is 10.9 Å². The molecule has 0 amide bonds. The predicted octanol–water partition coefficient (Wildman–Crippen LogP) is 5.11. The highest BCUT2D eigenvalue weighted by molar-refractivity contribution is 5.85. The van der Waals surface area contributed by atoms with Crippen molar-refractivity contribution >= 4 is 10.9 Å². The number of unbranched alkanes of at least 4 members (excludes halogenated alkanes) is 2. The first-order valence-electron chi connectivity index (χ1n) is 9.52. The Hall–Kier alpha value is -2.33. The van der Waals surface area contributed by atoms with Gasteiger partial charge in [-0.1, -0.05) is 31.9 Å². The summed E-state index contributed by atoms with van der Waals surface area (Å²) >= 11 is 0. The summed E-state index contributed by atoms with van der Waals surface area (Å²) in [5.74, 6) is 0.735. The van der Waals surface area contributed by atoms with Crippen LogP contribution in [-0.2, 0) is 6.42 Å². The van der Waals surface area contributed by atoms with Gasteiger partial charge in [-0.25, -0.2) is 4.39 Å². The molecule has 0 saturated heterocycles. The number of rotatable bonds is 6. The van der Waals surface area contributed by atoms with E-state index in [0.29, 0.717) is 0 Å². The molecule has 1 aliphatic rings. The summed E-state index contributed by atoms with van der Waals surface area (Å²) in [6, 6.07) is 13.4. The van der Waals surface area contributed by atoms with Crippen molar-refractivity contribution in [3.05, 3.63) is 65.1 Å². The maximum absolute atomic E-state index is 13.7. The number of benzene rings is 2. The van der Waals surface area contributed by atoms with Crippen molar-refractivity contribution in [3.8, 4) is 5.75 Å². The van der Waals surface area contributed by atoms with Crippen molar-refractivity contribution in [2.75, 3.05) is 13.2 Å². The van der Waals surface area contributed by atoms with Gasteiger partial charge >= 0.3 is 0 Å². The Morgan fingerprint density at radius 3 is 2.77 bits per heavy atom. The van der Waals surface area contributed by atoms with Crippen molar-refractivity contribution < 1.29 is 9.13 Å². The largest absolute Gasteiger partial charge is 0.494 e. The maximum Gasteiger partial charge on any atom is 0.123 e. The summed E-state index contributed by atoms with van der Waals surface area (Å²) < 4.78 is 19.5. The van der Waals surface area contributed by atoms with E-state index in [0.717, 1.165) is 48.3 Å². The molecule has 0 saturated carbocycles. The van der Waals surface area contributed by atoms with E-state index in [-0.39, 0.29) is 11.9 Å². The third-order valence-electron chi connectivity index (χ3n) is 5.14. The van der Waals surface area contributed by atoms with Crippen LogP contribution in [0.3, 0.4) is 0 Å². The van der Waals surface area contributed by atoms with Crippen molar-refractivity contribution in [1.29, 1.82) is 0 Å². The second kappa shape index (κ2) is 7.50. The molecule has 4 heteroatoms. The zero-order valence-corrected chi connectivity index (χ0v) is 15.1. The fraction of sp³-hybridized carbons (Fsp3) is 0.364. The van der Waals surface area contributed by atoms with Gasteiger partial charge in [-0.05, 0) is 54.3 Å². The predicted molar refractivity (Wildman–Crippen MR) is 103 cm³/mol. The molecule has 0 radical (unpaired) electrons. The van der Waals surface area contributed by atoms with Gasteiger partial charge in [-0.2, -0.15) is 0 Å². The van der Waals surface area contributed by atoms with Crippen LogP contribution < -0.4 is 10.1 Å². The van der Waals surface area contributed by atoms with E-state index in [2.05, 4.69) is 29.4 Å². The minimum Gasteiger partial charge on any atom is -0.494 e. The van der Waals surface area contributed by atoms with Crippen LogP contribution in [0.4, 0.5) is 4.39 Å². The molecule has 4 rings (SSSR count). The first-order valence-corrected chi connectivity index (χ1v) is 9.52. The molecular formula is C22H25FN2O. The Kier molecular flexibility index (Phi) is 4.93. The third kappa shape index (κ3) is 3.34. The van der Waals surface area contributed by atoms with E-state index in [1.54, 1.807) is 6.07 Å². The Labute approximate surface area is 153 Å². The van der Waals surface area contributed by atoms with Gasteiger partial charge in [-0.3, -0.25) is 0 Å². The molecule has 0 fully saturated rings. The Bertz CT molecular complexity index is 885. The van der Waals surface area contributed by atoms with Gasteiger partial charge in [-0.15, -0.1) is 0 Å². The zero-order valence-electron chi connectivity index (χ0n) is 15.1. The number of aromatic amines is 1. The van der Waals surface area contributed by atoms with Crippen LogP contribution in [0.15, 0.2) is 42.5 Å². The third-order valence-corrected chi connectivity index (χ3v) is 5.14. The number of halogens is 1. The number of aromatic nitrogens is 1. The molecule has 2 heterocycles. The Morgan fingerprint density at radius 1 is 1.12 bits per heavy atom. The van der Waals surface area contributed by atoms with E-state index in [4.69, 9.17) is 4.74 Å². The second-order valence-corrected chi connectivity index (χ2v) is 6.97. The molecule has 1 unspecified atom stereocenters. The second-order valence-electron chi connectivity index (χ2n) is 6.97. The van der Waals surface area contributed by atoms with Crippen LogP contribution in [0.5, 0.6) is 5.75 Å².